The Hall–Kier alpha value is -2.25. The summed E-state index contributed by atoms with van der Waals surface area (Å²) < 4.78 is 7.04. The van der Waals surface area contributed by atoms with Gasteiger partial charge in [0.05, 0.1) is 30.4 Å². The van der Waals surface area contributed by atoms with Crippen LogP contribution in [0, 0.1) is 0 Å². The molecule has 1 aromatic heterocycles. The van der Waals surface area contributed by atoms with Crippen LogP contribution < -0.4 is 10.6 Å². The summed E-state index contributed by atoms with van der Waals surface area (Å²) in [5.41, 5.74) is 1.44. The highest BCUT2D eigenvalue weighted by atomic mass is 16.5. The number of anilines is 1. The molecule has 2 aromatic rings. The maximum Gasteiger partial charge on any atom is 0.254 e. The Morgan fingerprint density at radius 2 is 2.35 bits per heavy atom. The molecular formula is C13H15N5O2. The first-order valence-corrected chi connectivity index (χ1v) is 6.43. The number of nitrogens with zero attached hydrogens (tertiary/aromatic N) is 3. The van der Waals surface area contributed by atoms with Crippen LogP contribution in [0.2, 0.25) is 0 Å². The van der Waals surface area contributed by atoms with Crippen LogP contribution in [-0.2, 0) is 9.53 Å². The topological polar surface area (TPSA) is 81.1 Å². The average molecular weight is 273 g/mol. The van der Waals surface area contributed by atoms with Gasteiger partial charge in [0.2, 0.25) is 0 Å². The van der Waals surface area contributed by atoms with E-state index >= 15 is 0 Å². The van der Waals surface area contributed by atoms with E-state index in [1.807, 2.05) is 24.3 Å². The molecular weight excluding hydrogens is 258 g/mol. The molecule has 0 radical (unpaired) electrons. The van der Waals surface area contributed by atoms with Crippen molar-refractivity contribution in [2.24, 2.45) is 0 Å². The molecule has 1 unspecified atom stereocenters. The minimum absolute atomic E-state index is 0.162. The van der Waals surface area contributed by atoms with Crippen molar-refractivity contribution in [1.29, 1.82) is 0 Å². The Balaban J connectivity index is 1.79. The van der Waals surface area contributed by atoms with Gasteiger partial charge in [0.15, 0.2) is 0 Å². The van der Waals surface area contributed by atoms with Crippen molar-refractivity contribution in [3.63, 3.8) is 0 Å². The fourth-order valence-electron chi connectivity index (χ4n) is 2.06. The quantitative estimate of drug-likeness (QED) is 0.834. The van der Waals surface area contributed by atoms with E-state index in [-0.39, 0.29) is 5.91 Å². The second kappa shape index (κ2) is 5.81. The smallest absolute Gasteiger partial charge is 0.254 e. The molecule has 0 saturated carbocycles. The summed E-state index contributed by atoms with van der Waals surface area (Å²) in [6.07, 6.45) is 2.85. The second-order valence-corrected chi connectivity index (χ2v) is 4.42. The molecule has 7 nitrogen and oxygen atoms in total. The molecule has 1 aromatic carbocycles. The first kappa shape index (κ1) is 12.8. The second-order valence-electron chi connectivity index (χ2n) is 4.42. The largest absolute Gasteiger partial charge is 0.366 e. The molecule has 104 valence electrons. The number of amides is 1. The van der Waals surface area contributed by atoms with E-state index in [0.717, 1.165) is 12.2 Å². The zero-order valence-electron chi connectivity index (χ0n) is 10.8. The van der Waals surface area contributed by atoms with Gasteiger partial charge in [-0.2, -0.15) is 0 Å². The van der Waals surface area contributed by atoms with Gasteiger partial charge in [-0.3, -0.25) is 4.79 Å². The number of hydrogen-bond acceptors (Lipinski definition) is 5. The highest BCUT2D eigenvalue weighted by Gasteiger charge is 2.22. The molecule has 1 saturated heterocycles. The van der Waals surface area contributed by atoms with Gasteiger partial charge < -0.3 is 15.4 Å². The Morgan fingerprint density at radius 1 is 1.45 bits per heavy atom. The lowest BCUT2D eigenvalue weighted by Crippen LogP contribution is -2.45. The molecule has 1 aliphatic heterocycles. The fraction of sp³-hybridized carbons (Fsp3) is 0.308. The van der Waals surface area contributed by atoms with E-state index in [4.69, 9.17) is 4.74 Å². The van der Waals surface area contributed by atoms with Crippen molar-refractivity contribution in [3.05, 3.63) is 36.7 Å². The molecule has 1 amide bonds. The van der Waals surface area contributed by atoms with Gasteiger partial charge >= 0.3 is 0 Å². The number of carbonyl (C=O) groups is 1. The molecule has 0 spiro atoms. The molecule has 2 heterocycles. The highest BCUT2D eigenvalue weighted by molar-refractivity contribution is 5.96. The normalized spacial score (nSPS) is 18.7. The minimum Gasteiger partial charge on any atom is -0.366 e. The number of carbonyl (C=O) groups excluding carboxylic acids is 1. The summed E-state index contributed by atoms with van der Waals surface area (Å²) in [7, 11) is 0. The lowest BCUT2D eigenvalue weighted by molar-refractivity contribution is -0.128. The third-order valence-electron chi connectivity index (χ3n) is 3.05. The lowest BCUT2D eigenvalue weighted by Gasteiger charge is -2.23. The first-order valence-electron chi connectivity index (χ1n) is 6.43. The molecule has 1 atom stereocenters. The number of morpholine rings is 1. The number of benzene rings is 1. The van der Waals surface area contributed by atoms with Gasteiger partial charge in [-0.25, -0.2) is 4.68 Å². The monoisotopic (exact) mass is 273 g/mol. The average Bonchev–Trinajstić information content (AvgIpc) is 3.03. The molecule has 0 aliphatic carbocycles. The Kier molecular flexibility index (Phi) is 3.71. The SMILES string of the molecule is O=C(Nc1ccccc1-n1ccnn1)C1CNCCO1. The van der Waals surface area contributed by atoms with Crippen LogP contribution >= 0.6 is 0 Å². The van der Waals surface area contributed by atoms with E-state index in [2.05, 4.69) is 20.9 Å². The predicted octanol–water partition coefficient (Wildman–Crippen LogP) is 0.194. The number of aromatic nitrogens is 3. The number of nitrogens with one attached hydrogen (secondary N) is 2. The van der Waals surface area contributed by atoms with Crippen LogP contribution in [0.25, 0.3) is 5.69 Å². The molecule has 2 N–H and O–H groups in total. The van der Waals surface area contributed by atoms with Crippen molar-refractivity contribution in [1.82, 2.24) is 20.3 Å². The number of ether oxygens (including phenoxy) is 1. The summed E-state index contributed by atoms with van der Waals surface area (Å²) in [6, 6.07) is 7.43. The highest BCUT2D eigenvalue weighted by Crippen LogP contribution is 2.19. The summed E-state index contributed by atoms with van der Waals surface area (Å²) in [5, 5.41) is 13.7. The fourth-order valence-corrected chi connectivity index (χ4v) is 2.06. The van der Waals surface area contributed by atoms with Crippen LogP contribution in [-0.4, -0.2) is 46.7 Å². The molecule has 1 fully saturated rings. The first-order chi connectivity index (χ1) is 9.84. The summed E-state index contributed by atoms with van der Waals surface area (Å²) in [6.45, 7) is 1.85. The van der Waals surface area contributed by atoms with Gasteiger partial charge in [-0.1, -0.05) is 17.3 Å². The van der Waals surface area contributed by atoms with E-state index in [1.165, 1.54) is 0 Å². The Labute approximate surface area is 115 Å². The minimum atomic E-state index is -0.465. The van der Waals surface area contributed by atoms with Gasteiger partial charge in [-0.15, -0.1) is 5.10 Å². The molecule has 20 heavy (non-hydrogen) atoms. The Bertz CT molecular complexity index is 578. The van der Waals surface area contributed by atoms with Crippen LogP contribution in [0.15, 0.2) is 36.7 Å². The van der Waals surface area contributed by atoms with Gasteiger partial charge in [0, 0.05) is 13.1 Å². The van der Waals surface area contributed by atoms with Crippen LogP contribution in [0.5, 0.6) is 0 Å². The zero-order valence-corrected chi connectivity index (χ0v) is 10.8. The lowest BCUT2D eigenvalue weighted by atomic mass is 10.2. The van der Waals surface area contributed by atoms with Gasteiger partial charge in [0.1, 0.15) is 6.10 Å². The summed E-state index contributed by atoms with van der Waals surface area (Å²) in [4.78, 5) is 12.2. The van der Waals surface area contributed by atoms with Gasteiger partial charge in [0.25, 0.3) is 5.91 Å². The number of hydrogen-bond donors (Lipinski definition) is 2. The van der Waals surface area contributed by atoms with E-state index in [9.17, 15) is 4.79 Å². The molecule has 0 bridgehead atoms. The number of para-hydroxylation sites is 2. The molecule has 1 aliphatic rings. The van der Waals surface area contributed by atoms with Crippen molar-refractivity contribution in [2.75, 3.05) is 25.0 Å². The van der Waals surface area contributed by atoms with Crippen molar-refractivity contribution in [3.8, 4) is 5.69 Å². The number of rotatable bonds is 3. The maximum absolute atomic E-state index is 12.2. The van der Waals surface area contributed by atoms with Crippen LogP contribution in [0.4, 0.5) is 5.69 Å². The Morgan fingerprint density at radius 3 is 3.10 bits per heavy atom. The maximum atomic E-state index is 12.2. The van der Waals surface area contributed by atoms with Crippen LogP contribution in [0.3, 0.4) is 0 Å². The molecule has 3 rings (SSSR count). The van der Waals surface area contributed by atoms with Crippen molar-refractivity contribution < 1.29 is 9.53 Å². The van der Waals surface area contributed by atoms with Crippen LogP contribution in [0.1, 0.15) is 0 Å². The third kappa shape index (κ3) is 2.68. The van der Waals surface area contributed by atoms with Crippen molar-refractivity contribution in [2.45, 2.75) is 6.10 Å². The summed E-state index contributed by atoms with van der Waals surface area (Å²) in [5.74, 6) is -0.162. The standard InChI is InChI=1S/C13H15N5O2/c19-13(12-9-14-6-8-20-12)16-10-3-1-2-4-11(10)18-7-5-15-17-18/h1-5,7,12,14H,6,8-9H2,(H,16,19). The van der Waals surface area contributed by atoms with E-state index in [1.54, 1.807) is 17.1 Å². The van der Waals surface area contributed by atoms with E-state index in [0.29, 0.717) is 18.8 Å². The van der Waals surface area contributed by atoms with E-state index < -0.39 is 6.10 Å². The molecule has 7 heteroatoms. The zero-order chi connectivity index (χ0) is 13.8. The predicted molar refractivity (Wildman–Crippen MR) is 72.6 cm³/mol. The van der Waals surface area contributed by atoms with Gasteiger partial charge in [-0.05, 0) is 12.1 Å². The summed E-state index contributed by atoms with van der Waals surface area (Å²) >= 11 is 0. The third-order valence-corrected chi connectivity index (χ3v) is 3.05. The van der Waals surface area contributed by atoms with Crippen molar-refractivity contribution >= 4 is 11.6 Å².